The van der Waals surface area contributed by atoms with E-state index in [9.17, 15) is 4.79 Å². The summed E-state index contributed by atoms with van der Waals surface area (Å²) < 4.78 is 3.72. The quantitative estimate of drug-likeness (QED) is 0.482. The van der Waals surface area contributed by atoms with Crippen LogP contribution in [0, 0.1) is 6.92 Å². The van der Waals surface area contributed by atoms with Gasteiger partial charge in [0.15, 0.2) is 11.2 Å². The Morgan fingerprint density at radius 2 is 1.76 bits per heavy atom. The van der Waals surface area contributed by atoms with Crippen molar-refractivity contribution < 1.29 is 0 Å². The van der Waals surface area contributed by atoms with Crippen LogP contribution in [0.3, 0.4) is 0 Å². The zero-order valence-corrected chi connectivity index (χ0v) is 19.9. The van der Waals surface area contributed by atoms with Crippen molar-refractivity contribution in [1.29, 1.82) is 0 Å². The van der Waals surface area contributed by atoms with Crippen LogP contribution >= 0.6 is 0 Å². The maximum absolute atomic E-state index is 13.6. The lowest BCUT2D eigenvalue weighted by molar-refractivity contribution is 0.495. The molecular formula is C27H32N6O. The molecule has 2 aromatic carbocycles. The molecular weight excluding hydrogens is 424 g/mol. The Balaban J connectivity index is 1.56. The van der Waals surface area contributed by atoms with Gasteiger partial charge in [-0.1, -0.05) is 60.2 Å². The van der Waals surface area contributed by atoms with Crippen LogP contribution in [0.5, 0.6) is 0 Å². The van der Waals surface area contributed by atoms with Gasteiger partial charge in [-0.15, -0.1) is 0 Å². The Hall–Kier alpha value is -3.45. The lowest BCUT2D eigenvalue weighted by Gasteiger charge is -2.31. The molecule has 0 saturated carbocycles. The fraction of sp³-hybridized carbons (Fsp3) is 0.370. The van der Waals surface area contributed by atoms with Crippen LogP contribution in [0.4, 0.5) is 5.95 Å². The van der Waals surface area contributed by atoms with Gasteiger partial charge in [-0.25, -0.2) is 4.98 Å². The first-order chi connectivity index (χ1) is 16.5. The highest BCUT2D eigenvalue weighted by molar-refractivity contribution is 5.74. The molecule has 0 aliphatic carbocycles. The summed E-state index contributed by atoms with van der Waals surface area (Å²) in [5.41, 5.74) is 10.9. The molecule has 1 aliphatic rings. The number of nitrogens with zero attached hydrogens (tertiary/aromatic N) is 5. The molecule has 7 heteroatoms. The largest absolute Gasteiger partial charge is 0.341 e. The minimum atomic E-state index is -0.0557. The third-order valence-electron chi connectivity index (χ3n) is 6.74. The van der Waals surface area contributed by atoms with Crippen LogP contribution in [0.2, 0.25) is 0 Å². The average molecular weight is 457 g/mol. The number of aryl methyl sites for hydroxylation is 3. The molecule has 1 atom stereocenters. The van der Waals surface area contributed by atoms with Gasteiger partial charge in [0.25, 0.3) is 5.56 Å². The van der Waals surface area contributed by atoms with Crippen LogP contribution in [0.25, 0.3) is 11.2 Å². The number of fused-ring (bicyclic) bond motifs is 1. The number of anilines is 1. The van der Waals surface area contributed by atoms with Crippen molar-refractivity contribution in [2.24, 2.45) is 12.8 Å². The van der Waals surface area contributed by atoms with Gasteiger partial charge in [0, 0.05) is 32.6 Å². The summed E-state index contributed by atoms with van der Waals surface area (Å²) in [5.74, 6) is 1.54. The van der Waals surface area contributed by atoms with Gasteiger partial charge in [0.2, 0.25) is 5.95 Å². The first kappa shape index (κ1) is 22.3. The molecule has 1 aliphatic heterocycles. The zero-order chi connectivity index (χ0) is 23.7. The molecule has 5 rings (SSSR count). The molecule has 1 saturated heterocycles. The molecule has 3 heterocycles. The van der Waals surface area contributed by atoms with E-state index in [1.54, 1.807) is 4.57 Å². The number of imidazole rings is 1. The summed E-state index contributed by atoms with van der Waals surface area (Å²) in [5, 5.41) is 0. The standard InChI is InChI=1S/C27H32N6O/c1-19-10-12-20(13-11-19)14-15-23-29-25-24(26(34)31(23)2)33(17-21-7-4-3-5-8-21)27(30-25)32-16-6-9-22(28)18-32/h3-5,7-8,10-13,22H,6,9,14-18,28H2,1-2H3. The number of piperidine rings is 1. The monoisotopic (exact) mass is 456 g/mol. The van der Waals surface area contributed by atoms with Crippen molar-refractivity contribution >= 4 is 17.1 Å². The summed E-state index contributed by atoms with van der Waals surface area (Å²) in [4.78, 5) is 25.6. The van der Waals surface area contributed by atoms with Crippen molar-refractivity contribution in [2.45, 2.75) is 45.2 Å². The van der Waals surface area contributed by atoms with E-state index in [4.69, 9.17) is 15.7 Å². The van der Waals surface area contributed by atoms with Crippen molar-refractivity contribution in [2.75, 3.05) is 18.0 Å². The SMILES string of the molecule is Cc1ccc(CCc2nc3nc(N4CCCC(N)C4)n(Cc4ccccc4)c3c(=O)n2C)cc1. The summed E-state index contributed by atoms with van der Waals surface area (Å²) in [6.45, 7) is 4.27. The zero-order valence-electron chi connectivity index (χ0n) is 19.9. The maximum atomic E-state index is 13.6. The van der Waals surface area contributed by atoms with Crippen LogP contribution in [0.15, 0.2) is 59.4 Å². The van der Waals surface area contributed by atoms with Crippen molar-refractivity contribution in [3.63, 3.8) is 0 Å². The third-order valence-corrected chi connectivity index (χ3v) is 6.74. The van der Waals surface area contributed by atoms with Crippen LogP contribution in [-0.4, -0.2) is 38.2 Å². The maximum Gasteiger partial charge on any atom is 0.279 e. The fourth-order valence-corrected chi connectivity index (χ4v) is 4.77. The van der Waals surface area contributed by atoms with E-state index in [-0.39, 0.29) is 11.6 Å². The summed E-state index contributed by atoms with van der Waals surface area (Å²) in [7, 11) is 1.82. The van der Waals surface area contributed by atoms with Gasteiger partial charge in [0.05, 0.1) is 6.54 Å². The first-order valence-corrected chi connectivity index (χ1v) is 12.1. The van der Waals surface area contributed by atoms with Crippen LogP contribution < -0.4 is 16.2 Å². The molecule has 176 valence electrons. The second-order valence-corrected chi connectivity index (χ2v) is 9.38. The van der Waals surface area contributed by atoms with Gasteiger partial charge in [0.1, 0.15) is 5.82 Å². The minimum absolute atomic E-state index is 0.0557. The molecule has 2 N–H and O–H groups in total. The van der Waals surface area contributed by atoms with Crippen LogP contribution in [-0.2, 0) is 26.4 Å². The normalized spacial score (nSPS) is 16.3. The molecule has 1 fully saturated rings. The summed E-state index contributed by atoms with van der Waals surface area (Å²) in [6.07, 6.45) is 3.53. The number of benzene rings is 2. The number of nitrogens with two attached hydrogens (primary N) is 1. The topological polar surface area (TPSA) is 82.0 Å². The second-order valence-electron chi connectivity index (χ2n) is 9.38. The van der Waals surface area contributed by atoms with Gasteiger partial charge >= 0.3 is 0 Å². The summed E-state index contributed by atoms with van der Waals surface area (Å²) >= 11 is 0. The third kappa shape index (κ3) is 4.48. The number of rotatable bonds is 6. The average Bonchev–Trinajstić information content (AvgIpc) is 3.20. The molecule has 34 heavy (non-hydrogen) atoms. The highest BCUT2D eigenvalue weighted by atomic mass is 16.1. The number of hydrogen-bond donors (Lipinski definition) is 1. The minimum Gasteiger partial charge on any atom is -0.341 e. The van der Waals surface area contributed by atoms with Crippen molar-refractivity contribution in [3.05, 3.63) is 87.5 Å². The van der Waals surface area contributed by atoms with E-state index in [1.165, 1.54) is 11.1 Å². The van der Waals surface area contributed by atoms with Gasteiger partial charge in [-0.05, 0) is 37.3 Å². The Morgan fingerprint density at radius 3 is 2.50 bits per heavy atom. The van der Waals surface area contributed by atoms with E-state index in [0.29, 0.717) is 24.1 Å². The van der Waals surface area contributed by atoms with Crippen LogP contribution in [0.1, 0.15) is 35.4 Å². The van der Waals surface area contributed by atoms with E-state index >= 15 is 0 Å². The second kappa shape index (κ2) is 9.43. The van der Waals surface area contributed by atoms with Gasteiger partial charge < -0.3 is 10.6 Å². The highest BCUT2D eigenvalue weighted by Crippen LogP contribution is 2.24. The van der Waals surface area contributed by atoms with Crippen molar-refractivity contribution in [1.82, 2.24) is 19.1 Å². The molecule has 2 aromatic heterocycles. The predicted molar refractivity (Wildman–Crippen MR) is 136 cm³/mol. The number of hydrogen-bond acceptors (Lipinski definition) is 5. The van der Waals surface area contributed by atoms with Gasteiger partial charge in [-0.3, -0.25) is 13.9 Å². The molecule has 7 nitrogen and oxygen atoms in total. The molecule has 0 radical (unpaired) electrons. The Kier molecular flexibility index (Phi) is 6.20. The van der Waals surface area contributed by atoms with E-state index in [1.807, 2.05) is 29.8 Å². The lowest BCUT2D eigenvalue weighted by atomic mass is 10.1. The first-order valence-electron chi connectivity index (χ1n) is 12.1. The summed E-state index contributed by atoms with van der Waals surface area (Å²) in [6, 6.07) is 18.8. The van der Waals surface area contributed by atoms with E-state index in [0.717, 1.165) is 49.7 Å². The number of aromatic nitrogens is 4. The Labute approximate surface area is 199 Å². The smallest absolute Gasteiger partial charge is 0.279 e. The Bertz CT molecular complexity index is 1340. The molecule has 1 unspecified atom stereocenters. The fourth-order valence-electron chi connectivity index (χ4n) is 4.77. The predicted octanol–water partition coefficient (Wildman–Crippen LogP) is 3.20. The lowest BCUT2D eigenvalue weighted by Crippen LogP contribution is -2.44. The molecule has 0 amide bonds. The van der Waals surface area contributed by atoms with E-state index in [2.05, 4.69) is 48.2 Å². The molecule has 0 bridgehead atoms. The molecule has 4 aromatic rings. The van der Waals surface area contributed by atoms with Crippen molar-refractivity contribution in [3.8, 4) is 0 Å². The molecule has 0 spiro atoms. The van der Waals surface area contributed by atoms with Gasteiger partial charge in [-0.2, -0.15) is 4.98 Å². The Morgan fingerprint density at radius 1 is 1.00 bits per heavy atom. The van der Waals surface area contributed by atoms with E-state index < -0.39 is 0 Å². The highest BCUT2D eigenvalue weighted by Gasteiger charge is 2.25.